The number of carbonyl (C=O) groups is 1. The lowest BCUT2D eigenvalue weighted by molar-refractivity contribution is -0.190. The number of unbranched alkanes of at least 4 members (excludes halogenated alkanes) is 14. The molecule has 0 N–H and O–H groups in total. The highest BCUT2D eigenvalue weighted by atomic mass is 28.4. The molecule has 0 aliphatic heterocycles. The summed E-state index contributed by atoms with van der Waals surface area (Å²) in [6.07, 6.45) is 14.1. The second-order valence-electron chi connectivity index (χ2n) is 8.35. The quantitative estimate of drug-likeness (QED) is 0.178. The fraction of sp³-hybridized carbons (Fsp3) is 0.952. The summed E-state index contributed by atoms with van der Waals surface area (Å²) < 4.78 is 41.4. The highest BCUT2D eigenvalue weighted by Gasteiger charge is 2.44. The molecule has 0 bridgehead atoms. The normalized spacial score (nSPS) is 12.4. The zero-order chi connectivity index (χ0) is 20.6. The van der Waals surface area contributed by atoms with Crippen LogP contribution < -0.4 is 0 Å². The third kappa shape index (κ3) is 17.3. The number of hydrogen-bond donors (Lipinski definition) is 0. The summed E-state index contributed by atoms with van der Waals surface area (Å²) in [6, 6.07) is 0.604. The van der Waals surface area contributed by atoms with E-state index < -0.39 is 20.5 Å². The van der Waals surface area contributed by atoms with Gasteiger partial charge in [0.1, 0.15) is 0 Å². The standard InChI is InChI=1S/C21H41F3O2Si/c1-4-5-6-7-8-9-10-11-12-13-14-15-16-17-18-19-27(2,3)26-20(25)21(22,23)24/h4-19H2,1-3H3. The minimum absolute atomic E-state index is 0.604. The van der Waals surface area contributed by atoms with Crippen LogP contribution in [0.4, 0.5) is 13.2 Å². The van der Waals surface area contributed by atoms with Crippen molar-refractivity contribution in [3.63, 3.8) is 0 Å². The van der Waals surface area contributed by atoms with Crippen LogP contribution in [-0.2, 0) is 9.22 Å². The first-order valence-corrected chi connectivity index (χ1v) is 14.1. The summed E-state index contributed by atoms with van der Waals surface area (Å²) in [5, 5.41) is 0. The SMILES string of the molecule is CCCCCCCCCCCCCCCCC[Si](C)(C)OC(=O)C(F)(F)F. The van der Waals surface area contributed by atoms with Crippen LogP contribution in [0.25, 0.3) is 0 Å². The molecule has 0 amide bonds. The lowest BCUT2D eigenvalue weighted by Gasteiger charge is -2.23. The summed E-state index contributed by atoms with van der Waals surface area (Å²) in [7, 11) is -2.55. The zero-order valence-electron chi connectivity index (χ0n) is 17.8. The van der Waals surface area contributed by atoms with Gasteiger partial charge in [0, 0.05) is 0 Å². The van der Waals surface area contributed by atoms with Gasteiger partial charge < -0.3 is 4.43 Å². The Bertz CT molecular complexity index is 371. The molecule has 0 spiro atoms. The third-order valence-electron chi connectivity index (χ3n) is 4.98. The Hall–Kier alpha value is -0.523. The summed E-state index contributed by atoms with van der Waals surface area (Å²) in [5.41, 5.74) is 0. The van der Waals surface area contributed by atoms with E-state index in [1.165, 1.54) is 77.0 Å². The molecule has 0 saturated heterocycles. The molecule has 0 radical (unpaired) electrons. The van der Waals surface area contributed by atoms with Crippen LogP contribution in [0.5, 0.6) is 0 Å². The largest absolute Gasteiger partial charge is 0.513 e. The molecule has 6 heteroatoms. The molecule has 0 heterocycles. The van der Waals surface area contributed by atoms with Crippen molar-refractivity contribution in [3.8, 4) is 0 Å². The number of alkyl halides is 3. The topological polar surface area (TPSA) is 26.3 Å². The van der Waals surface area contributed by atoms with E-state index >= 15 is 0 Å². The van der Waals surface area contributed by atoms with E-state index in [1.807, 2.05) is 0 Å². The lowest BCUT2D eigenvalue weighted by Crippen LogP contribution is -2.39. The number of carbonyl (C=O) groups excluding carboxylic acids is 1. The first-order chi connectivity index (χ1) is 12.7. The van der Waals surface area contributed by atoms with Crippen LogP contribution in [0.2, 0.25) is 19.1 Å². The summed E-state index contributed by atoms with van der Waals surface area (Å²) in [6.45, 7) is 5.61. The molecule has 0 aliphatic carbocycles. The zero-order valence-corrected chi connectivity index (χ0v) is 18.8. The van der Waals surface area contributed by atoms with Crippen molar-refractivity contribution < 1.29 is 22.4 Å². The van der Waals surface area contributed by atoms with E-state index in [2.05, 4.69) is 6.92 Å². The molecule has 0 aromatic carbocycles. The van der Waals surface area contributed by atoms with Crippen molar-refractivity contribution in [2.45, 2.75) is 129 Å². The summed E-state index contributed by atoms with van der Waals surface area (Å²) in [4.78, 5) is 10.9. The Morgan fingerprint density at radius 1 is 0.704 bits per heavy atom. The van der Waals surface area contributed by atoms with Crippen molar-refractivity contribution in [2.24, 2.45) is 0 Å². The van der Waals surface area contributed by atoms with Crippen LogP contribution in [-0.4, -0.2) is 20.5 Å². The molecule has 0 rings (SSSR count). The average molecular weight is 411 g/mol. The minimum Gasteiger partial charge on any atom is -0.513 e. The van der Waals surface area contributed by atoms with Crippen LogP contribution in [0.15, 0.2) is 0 Å². The van der Waals surface area contributed by atoms with E-state index in [0.717, 1.165) is 19.3 Å². The Morgan fingerprint density at radius 2 is 1.04 bits per heavy atom. The summed E-state index contributed by atoms with van der Waals surface area (Å²) in [5.74, 6) is -2.03. The lowest BCUT2D eigenvalue weighted by atomic mass is 10.0. The first kappa shape index (κ1) is 26.5. The van der Waals surface area contributed by atoms with Crippen LogP contribution in [0.1, 0.15) is 103 Å². The molecule has 0 aromatic rings. The van der Waals surface area contributed by atoms with Crippen molar-refractivity contribution in [1.82, 2.24) is 0 Å². The third-order valence-corrected chi connectivity index (χ3v) is 7.28. The van der Waals surface area contributed by atoms with Crippen molar-refractivity contribution >= 4 is 14.3 Å². The van der Waals surface area contributed by atoms with Gasteiger partial charge in [0.15, 0.2) is 0 Å². The van der Waals surface area contributed by atoms with Crippen molar-refractivity contribution in [1.29, 1.82) is 0 Å². The molecule has 0 saturated carbocycles. The van der Waals surface area contributed by atoms with Crippen molar-refractivity contribution in [2.75, 3.05) is 0 Å². The van der Waals surface area contributed by atoms with Gasteiger partial charge in [-0.25, -0.2) is 4.79 Å². The highest BCUT2D eigenvalue weighted by Crippen LogP contribution is 2.23. The van der Waals surface area contributed by atoms with Crippen LogP contribution in [0, 0.1) is 0 Å². The van der Waals surface area contributed by atoms with E-state index in [9.17, 15) is 18.0 Å². The minimum atomic E-state index is -4.88. The Morgan fingerprint density at radius 3 is 1.37 bits per heavy atom. The maximum atomic E-state index is 12.2. The van der Waals surface area contributed by atoms with Gasteiger partial charge in [-0.2, -0.15) is 13.2 Å². The van der Waals surface area contributed by atoms with Gasteiger partial charge >= 0.3 is 12.1 Å². The van der Waals surface area contributed by atoms with E-state index in [4.69, 9.17) is 4.43 Å². The predicted octanol–water partition coefficient (Wildman–Crippen LogP) is 8.17. The van der Waals surface area contributed by atoms with Gasteiger partial charge in [-0.1, -0.05) is 103 Å². The fourth-order valence-electron chi connectivity index (χ4n) is 3.28. The molecule has 0 aliphatic rings. The van der Waals surface area contributed by atoms with E-state index in [1.54, 1.807) is 13.1 Å². The van der Waals surface area contributed by atoms with Crippen LogP contribution >= 0.6 is 0 Å². The molecular weight excluding hydrogens is 369 g/mol. The molecule has 27 heavy (non-hydrogen) atoms. The van der Waals surface area contributed by atoms with Crippen LogP contribution in [0.3, 0.4) is 0 Å². The molecule has 0 fully saturated rings. The maximum absolute atomic E-state index is 12.2. The van der Waals surface area contributed by atoms with Crippen molar-refractivity contribution in [3.05, 3.63) is 0 Å². The molecular formula is C21H41F3O2Si. The molecule has 162 valence electrons. The second-order valence-corrected chi connectivity index (χ2v) is 12.6. The van der Waals surface area contributed by atoms with Gasteiger partial charge in [-0.15, -0.1) is 0 Å². The van der Waals surface area contributed by atoms with E-state index in [0.29, 0.717) is 6.04 Å². The van der Waals surface area contributed by atoms with E-state index in [-0.39, 0.29) is 0 Å². The Labute approximate surface area is 165 Å². The predicted molar refractivity (Wildman–Crippen MR) is 109 cm³/mol. The van der Waals surface area contributed by atoms with Gasteiger partial charge in [0.25, 0.3) is 0 Å². The number of rotatable bonds is 17. The second kappa shape index (κ2) is 15.4. The number of halogens is 3. The fourth-order valence-corrected chi connectivity index (χ4v) is 5.10. The first-order valence-electron chi connectivity index (χ1n) is 11.0. The number of hydrogen-bond acceptors (Lipinski definition) is 2. The highest BCUT2D eigenvalue weighted by molar-refractivity contribution is 6.72. The van der Waals surface area contributed by atoms with Gasteiger partial charge in [-0.05, 0) is 19.1 Å². The average Bonchev–Trinajstić information content (AvgIpc) is 2.57. The molecule has 2 nitrogen and oxygen atoms in total. The van der Waals surface area contributed by atoms with Gasteiger partial charge in [0.05, 0.1) is 0 Å². The maximum Gasteiger partial charge on any atom is 0.489 e. The Kier molecular flexibility index (Phi) is 15.1. The van der Waals surface area contributed by atoms with Gasteiger partial charge in [0.2, 0.25) is 8.32 Å². The molecule has 0 atom stereocenters. The monoisotopic (exact) mass is 410 g/mol. The molecule has 0 unspecified atom stereocenters. The van der Waals surface area contributed by atoms with Gasteiger partial charge in [-0.3, -0.25) is 0 Å². The Balaban J connectivity index is 3.41. The summed E-state index contributed by atoms with van der Waals surface area (Å²) >= 11 is 0. The molecule has 0 aromatic heterocycles. The smallest absolute Gasteiger partial charge is 0.489 e.